The van der Waals surface area contributed by atoms with Crippen LogP contribution < -0.4 is 5.56 Å². The third-order valence-corrected chi connectivity index (χ3v) is 3.51. The van der Waals surface area contributed by atoms with Crippen LogP contribution in [0.4, 0.5) is 0 Å². The maximum atomic E-state index is 12.5. The molecule has 1 aromatic carbocycles. The molecule has 0 spiro atoms. The van der Waals surface area contributed by atoms with Crippen molar-refractivity contribution in [3.05, 3.63) is 63.6 Å². The lowest BCUT2D eigenvalue weighted by atomic mass is 10.0. The Balaban J connectivity index is 2.13. The van der Waals surface area contributed by atoms with Gasteiger partial charge in [-0.25, -0.2) is 0 Å². The van der Waals surface area contributed by atoms with Gasteiger partial charge in [0.15, 0.2) is 5.78 Å². The Morgan fingerprint density at radius 3 is 2.67 bits per heavy atom. The fourth-order valence-electron chi connectivity index (χ4n) is 2.25. The Kier molecular flexibility index (Phi) is 3.07. The summed E-state index contributed by atoms with van der Waals surface area (Å²) in [6.07, 6.45) is 3.23. The molecular weight excluding hydrogens is 268 g/mol. The number of rotatable bonds is 3. The summed E-state index contributed by atoms with van der Waals surface area (Å²) in [6, 6.07) is 9.40. The van der Waals surface area contributed by atoms with Gasteiger partial charge in [0.1, 0.15) is 17.4 Å². The van der Waals surface area contributed by atoms with Gasteiger partial charge in [-0.15, -0.1) is 0 Å². The van der Waals surface area contributed by atoms with E-state index in [0.29, 0.717) is 0 Å². The van der Waals surface area contributed by atoms with Crippen molar-refractivity contribution in [1.29, 1.82) is 5.26 Å². The molecule has 5 heteroatoms. The molecule has 3 rings (SSSR count). The van der Waals surface area contributed by atoms with Crippen molar-refractivity contribution in [2.75, 3.05) is 0 Å². The largest absolute Gasteiger partial charge is 0.507 e. The zero-order valence-corrected chi connectivity index (χ0v) is 11.1. The monoisotopic (exact) mass is 280 g/mol. The van der Waals surface area contributed by atoms with E-state index in [1.54, 1.807) is 12.1 Å². The van der Waals surface area contributed by atoms with Gasteiger partial charge < -0.3 is 9.67 Å². The normalized spacial score (nSPS) is 13.7. The summed E-state index contributed by atoms with van der Waals surface area (Å²) >= 11 is 0. The highest BCUT2D eigenvalue weighted by molar-refractivity contribution is 6.10. The number of nitrogens with zero attached hydrogens (tertiary/aromatic N) is 2. The average Bonchev–Trinajstić information content (AvgIpc) is 3.32. The first kappa shape index (κ1) is 13.1. The van der Waals surface area contributed by atoms with Crippen LogP contribution in [0.5, 0.6) is 5.75 Å². The van der Waals surface area contributed by atoms with Crippen molar-refractivity contribution in [2.24, 2.45) is 0 Å². The standard InChI is InChI=1S/C16H12N2O3/c17-8-10-7-11(9-18(16(10)21)12-5-6-12)15(20)13-3-1-2-4-14(13)19/h1-4,7,9,12,19H,5-6H2. The fourth-order valence-corrected chi connectivity index (χ4v) is 2.25. The van der Waals surface area contributed by atoms with Crippen molar-refractivity contribution >= 4 is 5.78 Å². The molecule has 1 heterocycles. The Hall–Kier alpha value is -2.87. The number of carbonyl (C=O) groups is 1. The van der Waals surface area contributed by atoms with Crippen molar-refractivity contribution < 1.29 is 9.90 Å². The minimum atomic E-state index is -0.404. The van der Waals surface area contributed by atoms with E-state index in [1.807, 2.05) is 6.07 Å². The summed E-state index contributed by atoms with van der Waals surface area (Å²) < 4.78 is 1.45. The molecule has 0 radical (unpaired) electrons. The first-order chi connectivity index (χ1) is 10.1. The van der Waals surface area contributed by atoms with E-state index in [4.69, 9.17) is 5.26 Å². The first-order valence-electron chi connectivity index (χ1n) is 6.61. The molecule has 1 N–H and O–H groups in total. The highest BCUT2D eigenvalue weighted by atomic mass is 16.3. The molecule has 0 atom stereocenters. The van der Waals surface area contributed by atoms with Gasteiger partial charge in [-0.2, -0.15) is 5.26 Å². The first-order valence-corrected chi connectivity index (χ1v) is 6.61. The van der Waals surface area contributed by atoms with Crippen LogP contribution in [-0.4, -0.2) is 15.5 Å². The molecule has 104 valence electrons. The number of ketones is 1. The van der Waals surface area contributed by atoms with Gasteiger partial charge in [0.25, 0.3) is 5.56 Å². The smallest absolute Gasteiger partial charge is 0.268 e. The molecule has 0 aliphatic heterocycles. The SMILES string of the molecule is N#Cc1cc(C(=O)c2ccccc2O)cn(C2CC2)c1=O. The molecule has 1 aliphatic rings. The molecule has 5 nitrogen and oxygen atoms in total. The predicted octanol–water partition coefficient (Wildman–Crippen LogP) is 1.99. The highest BCUT2D eigenvalue weighted by Crippen LogP contribution is 2.33. The number of nitriles is 1. The van der Waals surface area contributed by atoms with Crippen LogP contribution in [0.1, 0.15) is 40.4 Å². The summed E-state index contributed by atoms with van der Waals surface area (Å²) in [7, 11) is 0. The number of aromatic hydroxyl groups is 1. The van der Waals surface area contributed by atoms with Gasteiger partial charge in [0, 0.05) is 17.8 Å². The molecular formula is C16H12N2O3. The van der Waals surface area contributed by atoms with Crippen LogP contribution in [0.25, 0.3) is 0 Å². The average molecular weight is 280 g/mol. The summed E-state index contributed by atoms with van der Waals surface area (Å²) in [4.78, 5) is 24.5. The van der Waals surface area contributed by atoms with E-state index in [2.05, 4.69) is 0 Å². The van der Waals surface area contributed by atoms with E-state index in [9.17, 15) is 14.7 Å². The third kappa shape index (κ3) is 2.32. The lowest BCUT2D eigenvalue weighted by Gasteiger charge is -2.08. The molecule has 21 heavy (non-hydrogen) atoms. The second-order valence-electron chi connectivity index (χ2n) is 5.04. The topological polar surface area (TPSA) is 83.1 Å². The quantitative estimate of drug-likeness (QED) is 0.871. The van der Waals surface area contributed by atoms with Gasteiger partial charge in [0.05, 0.1) is 5.56 Å². The maximum Gasteiger partial charge on any atom is 0.268 e. The van der Waals surface area contributed by atoms with Gasteiger partial charge in [0.2, 0.25) is 0 Å². The van der Waals surface area contributed by atoms with Gasteiger partial charge >= 0.3 is 0 Å². The van der Waals surface area contributed by atoms with E-state index in [-0.39, 0.29) is 34.0 Å². The van der Waals surface area contributed by atoms with E-state index < -0.39 is 5.78 Å². The molecule has 1 fully saturated rings. The minimum Gasteiger partial charge on any atom is -0.507 e. The summed E-state index contributed by atoms with van der Waals surface area (Å²) in [5.41, 5.74) is -0.0288. The molecule has 1 saturated carbocycles. The van der Waals surface area contributed by atoms with Gasteiger partial charge in [-0.3, -0.25) is 9.59 Å². The van der Waals surface area contributed by atoms with Crippen molar-refractivity contribution in [2.45, 2.75) is 18.9 Å². The Labute approximate surface area is 120 Å². The van der Waals surface area contributed by atoms with Crippen LogP contribution in [0.2, 0.25) is 0 Å². The van der Waals surface area contributed by atoms with Crippen LogP contribution in [-0.2, 0) is 0 Å². The van der Waals surface area contributed by atoms with E-state index in [1.165, 1.54) is 29.0 Å². The lowest BCUT2D eigenvalue weighted by molar-refractivity contribution is 0.103. The number of benzene rings is 1. The predicted molar refractivity (Wildman–Crippen MR) is 75.2 cm³/mol. The number of pyridine rings is 1. The second-order valence-corrected chi connectivity index (χ2v) is 5.04. The van der Waals surface area contributed by atoms with Crippen LogP contribution >= 0.6 is 0 Å². The Bertz CT molecular complexity index is 826. The van der Waals surface area contributed by atoms with Crippen molar-refractivity contribution in [3.8, 4) is 11.8 Å². The number of phenols is 1. The molecule has 0 saturated heterocycles. The van der Waals surface area contributed by atoms with Gasteiger partial charge in [-0.05, 0) is 31.0 Å². The number of carbonyl (C=O) groups excluding carboxylic acids is 1. The number of para-hydroxylation sites is 1. The number of phenolic OH excluding ortho intramolecular Hbond substituents is 1. The van der Waals surface area contributed by atoms with Gasteiger partial charge in [-0.1, -0.05) is 12.1 Å². The van der Waals surface area contributed by atoms with E-state index in [0.717, 1.165) is 12.8 Å². The Morgan fingerprint density at radius 1 is 1.33 bits per heavy atom. The van der Waals surface area contributed by atoms with Crippen LogP contribution in [0.3, 0.4) is 0 Å². The molecule has 0 bridgehead atoms. The Morgan fingerprint density at radius 2 is 2.05 bits per heavy atom. The minimum absolute atomic E-state index is 0.0526. The van der Waals surface area contributed by atoms with Crippen molar-refractivity contribution in [3.63, 3.8) is 0 Å². The zero-order valence-electron chi connectivity index (χ0n) is 11.1. The molecule has 0 unspecified atom stereocenters. The second kappa shape index (κ2) is 4.91. The lowest BCUT2D eigenvalue weighted by Crippen LogP contribution is -2.23. The van der Waals surface area contributed by atoms with Crippen LogP contribution in [0, 0.1) is 11.3 Å². The summed E-state index contributed by atoms with van der Waals surface area (Å²) in [5, 5.41) is 18.8. The summed E-state index contributed by atoms with van der Waals surface area (Å²) in [6.45, 7) is 0. The maximum absolute atomic E-state index is 12.5. The molecule has 2 aromatic rings. The van der Waals surface area contributed by atoms with E-state index >= 15 is 0 Å². The van der Waals surface area contributed by atoms with Crippen LogP contribution in [0.15, 0.2) is 41.3 Å². The molecule has 1 aliphatic carbocycles. The van der Waals surface area contributed by atoms with Crippen molar-refractivity contribution in [1.82, 2.24) is 4.57 Å². The number of aromatic nitrogens is 1. The molecule has 0 amide bonds. The third-order valence-electron chi connectivity index (χ3n) is 3.51. The molecule has 1 aromatic heterocycles. The fraction of sp³-hybridized carbons (Fsp3) is 0.188. The number of hydrogen-bond acceptors (Lipinski definition) is 4. The summed E-state index contributed by atoms with van der Waals surface area (Å²) in [5.74, 6) is -0.524. The zero-order chi connectivity index (χ0) is 15.0. The highest BCUT2D eigenvalue weighted by Gasteiger charge is 2.27. The number of hydrogen-bond donors (Lipinski definition) is 1.